The van der Waals surface area contributed by atoms with E-state index in [4.69, 9.17) is 4.74 Å². The number of aliphatic hydroxyl groups excluding tert-OH is 1. The summed E-state index contributed by atoms with van der Waals surface area (Å²) in [6.07, 6.45) is 2.71. The first-order valence-corrected chi connectivity index (χ1v) is 16.1. The number of pyridine rings is 1. The van der Waals surface area contributed by atoms with Crippen LogP contribution in [-0.2, 0) is 15.3 Å². The minimum Gasteiger partial charge on any atom is -0.505 e. The van der Waals surface area contributed by atoms with E-state index < -0.39 is 17.7 Å². The summed E-state index contributed by atoms with van der Waals surface area (Å²) in [5.41, 5.74) is 5.37. The van der Waals surface area contributed by atoms with E-state index in [1.807, 2.05) is 50.4 Å². The third-order valence-corrected chi connectivity index (χ3v) is 9.63. The number of carbonyl (C=O) groups excluding carboxylic acids is 2. The van der Waals surface area contributed by atoms with Crippen molar-refractivity contribution in [3.8, 4) is 5.75 Å². The van der Waals surface area contributed by atoms with Crippen molar-refractivity contribution in [2.75, 3.05) is 11.5 Å². The van der Waals surface area contributed by atoms with Gasteiger partial charge < -0.3 is 14.2 Å². The maximum Gasteiger partial charge on any atom is 0.301 e. The molecule has 4 heterocycles. The van der Waals surface area contributed by atoms with E-state index in [0.717, 1.165) is 17.5 Å². The second-order valence-corrected chi connectivity index (χ2v) is 12.8. The van der Waals surface area contributed by atoms with Gasteiger partial charge in [0, 0.05) is 11.9 Å². The summed E-state index contributed by atoms with van der Waals surface area (Å²) >= 11 is 2.74. The summed E-state index contributed by atoms with van der Waals surface area (Å²) in [4.78, 5) is 33.4. The molecule has 3 aromatic heterocycles. The molecule has 5 aromatic rings. The number of anilines is 1. The number of Topliss-reactive ketones (excluding diaryl/α,β-unsaturated/α-hetero) is 1. The quantitative estimate of drug-likeness (QED) is 0.0625. The molecular formula is C33H31N5O4S2. The van der Waals surface area contributed by atoms with Crippen LogP contribution in [0.2, 0.25) is 0 Å². The van der Waals surface area contributed by atoms with Gasteiger partial charge in [-0.05, 0) is 62.1 Å². The molecule has 6 rings (SSSR count). The van der Waals surface area contributed by atoms with E-state index in [9.17, 15) is 14.7 Å². The number of rotatable bonds is 9. The van der Waals surface area contributed by atoms with E-state index in [-0.39, 0.29) is 22.2 Å². The third kappa shape index (κ3) is 5.48. The maximum absolute atomic E-state index is 13.7. The lowest BCUT2D eigenvalue weighted by atomic mass is 9.96. The number of aryl methyl sites for hydroxylation is 3. The first-order chi connectivity index (χ1) is 21.3. The summed E-state index contributed by atoms with van der Waals surface area (Å²) in [6, 6.07) is 18.3. The number of carbonyl (C=O) groups is 2. The third-order valence-electron chi connectivity index (χ3n) is 7.51. The highest BCUT2D eigenvalue weighted by atomic mass is 32.2. The minimum atomic E-state index is -0.941. The number of aliphatic hydroxyl groups is 1. The smallest absolute Gasteiger partial charge is 0.301 e. The average molecular weight is 626 g/mol. The van der Waals surface area contributed by atoms with Crippen LogP contribution in [0.15, 0.2) is 76.8 Å². The number of aromatic nitrogens is 4. The van der Waals surface area contributed by atoms with E-state index in [1.165, 1.54) is 33.6 Å². The first kappa shape index (κ1) is 29.6. The number of hydrogen-bond donors (Lipinski definition) is 1. The van der Waals surface area contributed by atoms with E-state index in [1.54, 1.807) is 24.3 Å². The zero-order valence-electron chi connectivity index (χ0n) is 24.8. The summed E-state index contributed by atoms with van der Waals surface area (Å²) in [7, 11) is 0. The molecule has 0 aliphatic carbocycles. The largest absolute Gasteiger partial charge is 0.505 e. The van der Waals surface area contributed by atoms with Crippen molar-refractivity contribution in [1.82, 2.24) is 19.6 Å². The number of nitrogens with zero attached hydrogens (tertiary/aromatic N) is 5. The van der Waals surface area contributed by atoms with Crippen molar-refractivity contribution in [2.45, 2.75) is 50.3 Å². The predicted molar refractivity (Wildman–Crippen MR) is 172 cm³/mol. The molecule has 1 N–H and O–H groups in total. The Morgan fingerprint density at radius 1 is 1.02 bits per heavy atom. The van der Waals surface area contributed by atoms with Crippen LogP contribution in [0, 0.1) is 20.8 Å². The van der Waals surface area contributed by atoms with E-state index in [2.05, 4.69) is 39.4 Å². The zero-order chi connectivity index (χ0) is 31.0. The highest BCUT2D eigenvalue weighted by Crippen LogP contribution is 2.44. The molecule has 1 aliphatic rings. The maximum atomic E-state index is 13.7. The molecule has 1 aliphatic heterocycles. The highest BCUT2D eigenvalue weighted by molar-refractivity contribution is 8.00. The molecule has 2 aromatic carbocycles. The van der Waals surface area contributed by atoms with Crippen molar-refractivity contribution in [3.05, 3.63) is 106 Å². The molecule has 9 nitrogen and oxygen atoms in total. The Morgan fingerprint density at radius 2 is 1.77 bits per heavy atom. The molecule has 0 radical (unpaired) electrons. The topological polar surface area (TPSA) is 110 Å². The zero-order valence-corrected chi connectivity index (χ0v) is 26.4. The Bertz CT molecular complexity index is 1890. The molecule has 0 saturated carbocycles. The number of fused-ring (bicyclic) bond motifs is 1. The highest BCUT2D eigenvalue weighted by Gasteiger charge is 2.49. The number of ketones is 1. The Balaban J connectivity index is 1.42. The van der Waals surface area contributed by atoms with Gasteiger partial charge in [0.25, 0.3) is 5.78 Å². The van der Waals surface area contributed by atoms with Crippen molar-refractivity contribution in [1.29, 1.82) is 0 Å². The Kier molecular flexibility index (Phi) is 8.24. The first-order valence-electron chi connectivity index (χ1n) is 14.3. The molecule has 44 heavy (non-hydrogen) atoms. The number of hydrogen-bond acceptors (Lipinski definition) is 9. The normalized spacial score (nSPS) is 16.3. The number of ether oxygens (including phenoxy) is 1. The van der Waals surface area contributed by atoms with Gasteiger partial charge in [-0.3, -0.25) is 14.5 Å². The molecule has 0 spiro atoms. The van der Waals surface area contributed by atoms with Crippen LogP contribution < -0.4 is 9.64 Å². The number of thioether (sulfide) groups is 1. The Labute approximate surface area is 263 Å². The van der Waals surface area contributed by atoms with Gasteiger partial charge in [0.05, 0.1) is 23.9 Å². The lowest BCUT2D eigenvalue weighted by Crippen LogP contribution is -2.29. The fourth-order valence-electron chi connectivity index (χ4n) is 5.17. The van der Waals surface area contributed by atoms with Crippen LogP contribution in [-0.4, -0.2) is 43.0 Å². The fraction of sp³-hybridized carbons (Fsp3) is 0.242. The van der Waals surface area contributed by atoms with Crippen molar-refractivity contribution in [2.24, 2.45) is 0 Å². The molecule has 1 saturated heterocycles. The van der Waals surface area contributed by atoms with Crippen molar-refractivity contribution in [3.63, 3.8) is 0 Å². The minimum absolute atomic E-state index is 0.0505. The molecule has 11 heteroatoms. The van der Waals surface area contributed by atoms with Crippen LogP contribution in [0.1, 0.15) is 53.0 Å². The second-order valence-electron chi connectivity index (χ2n) is 10.6. The lowest BCUT2D eigenvalue weighted by Gasteiger charge is -2.22. The fourth-order valence-corrected chi connectivity index (χ4v) is 7.00. The average Bonchev–Trinajstić information content (AvgIpc) is 3.71. The van der Waals surface area contributed by atoms with Crippen molar-refractivity contribution >= 4 is 51.3 Å². The van der Waals surface area contributed by atoms with Crippen LogP contribution in [0.5, 0.6) is 5.75 Å². The van der Waals surface area contributed by atoms with Gasteiger partial charge in [-0.15, -0.1) is 10.2 Å². The Morgan fingerprint density at radius 3 is 2.48 bits per heavy atom. The molecule has 1 atom stereocenters. The SMILES string of the molecule is CCCOc1ccc(C2C(=C(O)c3nc4c(C)cccn4c3C)C(=O)C(=O)N2c2nnc(SCc3ccc(C)cc3)s2)cc1. The standard InChI is InChI=1S/C33H31N5O4S2/c1-5-17-42-24-14-12-23(13-15-24)27-25(28(39)26-21(4)37-16-6-7-20(3)30(37)34-26)29(40)31(41)38(27)32-35-36-33(44-32)43-18-22-10-8-19(2)9-11-22/h6-16,27,39H,5,17-18H2,1-4H3. The van der Waals surface area contributed by atoms with E-state index >= 15 is 0 Å². The van der Waals surface area contributed by atoms with Crippen LogP contribution in [0.3, 0.4) is 0 Å². The molecule has 1 amide bonds. The van der Waals surface area contributed by atoms with Gasteiger partial charge in [0.15, 0.2) is 10.1 Å². The van der Waals surface area contributed by atoms with Gasteiger partial charge in [0.2, 0.25) is 5.13 Å². The van der Waals surface area contributed by atoms with Gasteiger partial charge in [-0.25, -0.2) is 4.98 Å². The number of imidazole rings is 1. The summed E-state index contributed by atoms with van der Waals surface area (Å²) in [5.74, 6) is -0.572. The van der Waals surface area contributed by atoms with Crippen LogP contribution >= 0.6 is 23.1 Å². The molecule has 0 bridgehead atoms. The number of benzene rings is 2. The number of amides is 1. The lowest BCUT2D eigenvalue weighted by molar-refractivity contribution is -0.132. The van der Waals surface area contributed by atoms with Crippen molar-refractivity contribution < 1.29 is 19.4 Å². The predicted octanol–water partition coefficient (Wildman–Crippen LogP) is 6.82. The van der Waals surface area contributed by atoms with Gasteiger partial charge in [0.1, 0.15) is 17.1 Å². The molecular weight excluding hydrogens is 595 g/mol. The van der Waals surface area contributed by atoms with E-state index in [0.29, 0.717) is 39.4 Å². The van der Waals surface area contributed by atoms with Crippen LogP contribution in [0.25, 0.3) is 11.4 Å². The summed E-state index contributed by atoms with van der Waals surface area (Å²) in [5, 5.41) is 20.6. The summed E-state index contributed by atoms with van der Waals surface area (Å²) < 4.78 is 8.28. The van der Waals surface area contributed by atoms with Gasteiger partial charge >= 0.3 is 5.91 Å². The summed E-state index contributed by atoms with van der Waals surface area (Å²) in [6.45, 7) is 8.39. The molecule has 224 valence electrons. The van der Waals surface area contributed by atoms with Crippen LogP contribution in [0.4, 0.5) is 5.13 Å². The van der Waals surface area contributed by atoms with Gasteiger partial charge in [-0.1, -0.05) is 78.1 Å². The molecule has 1 fully saturated rings. The van der Waals surface area contributed by atoms with Gasteiger partial charge in [-0.2, -0.15) is 0 Å². The Hall–Kier alpha value is -4.48. The second kappa shape index (κ2) is 12.3. The monoisotopic (exact) mass is 625 g/mol. The molecule has 1 unspecified atom stereocenters.